The van der Waals surface area contributed by atoms with E-state index in [1.54, 1.807) is 0 Å². The molecule has 1 heterocycles. The van der Waals surface area contributed by atoms with Gasteiger partial charge in [-0.2, -0.15) is 10.2 Å². The quantitative estimate of drug-likeness (QED) is 0.345. The van der Waals surface area contributed by atoms with Gasteiger partial charge < -0.3 is 10.2 Å². The highest BCUT2D eigenvalue weighted by molar-refractivity contribution is 14.1. The van der Waals surface area contributed by atoms with Crippen LogP contribution in [0.3, 0.4) is 0 Å². The zero-order valence-electron chi connectivity index (χ0n) is 10.3. The molecule has 0 bridgehead atoms. The van der Waals surface area contributed by atoms with E-state index in [1.807, 2.05) is 28.7 Å². The van der Waals surface area contributed by atoms with Gasteiger partial charge in [0.05, 0.1) is 32.5 Å². The lowest BCUT2D eigenvalue weighted by Crippen LogP contribution is -2.09. The van der Waals surface area contributed by atoms with Crippen molar-refractivity contribution in [1.82, 2.24) is 9.97 Å². The standard InChI is InChI=1S/C11H7IN6O3/c12-7-1-6(3-13)2-8(18(19)20)11(7)21-10-5-15-4-9(16-10)17-14/h1-2,4-5H,14H2,(H,16,17). The minimum atomic E-state index is -0.628. The molecule has 0 aliphatic carbocycles. The van der Waals surface area contributed by atoms with Gasteiger partial charge in [0.25, 0.3) is 0 Å². The lowest BCUT2D eigenvalue weighted by atomic mass is 10.2. The number of ether oxygens (including phenoxy) is 1. The van der Waals surface area contributed by atoms with Gasteiger partial charge in [-0.1, -0.05) is 0 Å². The van der Waals surface area contributed by atoms with Gasteiger partial charge in [-0.3, -0.25) is 15.1 Å². The number of nitrogens with one attached hydrogen (secondary N) is 1. The molecular weight excluding hydrogens is 391 g/mol. The van der Waals surface area contributed by atoms with E-state index in [1.165, 1.54) is 18.5 Å². The fraction of sp³-hybridized carbons (Fsp3) is 0. The van der Waals surface area contributed by atoms with Gasteiger partial charge in [0.15, 0.2) is 5.82 Å². The lowest BCUT2D eigenvalue weighted by molar-refractivity contribution is -0.385. The number of nitro groups is 1. The van der Waals surface area contributed by atoms with Crippen LogP contribution in [-0.2, 0) is 0 Å². The molecule has 3 N–H and O–H groups in total. The predicted molar refractivity (Wildman–Crippen MR) is 80.4 cm³/mol. The molecule has 1 aromatic heterocycles. The Bertz CT molecular complexity index is 745. The minimum Gasteiger partial charge on any atom is -0.429 e. The molecule has 2 aromatic rings. The molecule has 9 nitrogen and oxygen atoms in total. The number of nitriles is 1. The van der Waals surface area contributed by atoms with E-state index in [9.17, 15) is 10.1 Å². The third kappa shape index (κ3) is 3.33. The number of hydrogen-bond acceptors (Lipinski definition) is 8. The van der Waals surface area contributed by atoms with Crippen molar-refractivity contribution in [3.8, 4) is 17.7 Å². The van der Waals surface area contributed by atoms with Crippen LogP contribution in [-0.4, -0.2) is 14.9 Å². The Kier molecular flexibility index (Phi) is 4.45. The summed E-state index contributed by atoms with van der Waals surface area (Å²) in [6.07, 6.45) is 2.66. The monoisotopic (exact) mass is 398 g/mol. The fourth-order valence-corrected chi connectivity index (χ4v) is 2.17. The van der Waals surface area contributed by atoms with Gasteiger partial charge in [0.1, 0.15) is 0 Å². The molecule has 0 saturated carbocycles. The number of benzene rings is 1. The summed E-state index contributed by atoms with van der Waals surface area (Å²) in [5.41, 5.74) is 2.13. The normalized spacial score (nSPS) is 9.76. The van der Waals surface area contributed by atoms with Crippen LogP contribution >= 0.6 is 22.6 Å². The van der Waals surface area contributed by atoms with Crippen LogP contribution in [0.15, 0.2) is 24.5 Å². The van der Waals surface area contributed by atoms with E-state index in [0.29, 0.717) is 3.57 Å². The van der Waals surface area contributed by atoms with Crippen molar-refractivity contribution < 1.29 is 9.66 Å². The van der Waals surface area contributed by atoms with E-state index >= 15 is 0 Å². The zero-order chi connectivity index (χ0) is 15.4. The van der Waals surface area contributed by atoms with Crippen molar-refractivity contribution in [3.63, 3.8) is 0 Å². The van der Waals surface area contributed by atoms with Crippen LogP contribution in [0.5, 0.6) is 11.6 Å². The Morgan fingerprint density at radius 2 is 2.24 bits per heavy atom. The second kappa shape index (κ2) is 6.29. The number of aromatic nitrogens is 2. The highest BCUT2D eigenvalue weighted by Gasteiger charge is 2.21. The number of nitrogens with zero attached hydrogens (tertiary/aromatic N) is 4. The van der Waals surface area contributed by atoms with Crippen molar-refractivity contribution in [3.05, 3.63) is 43.8 Å². The van der Waals surface area contributed by atoms with Crippen molar-refractivity contribution in [2.45, 2.75) is 0 Å². The van der Waals surface area contributed by atoms with E-state index in [2.05, 4.69) is 15.4 Å². The van der Waals surface area contributed by atoms with Gasteiger partial charge in [-0.05, 0) is 28.7 Å². The van der Waals surface area contributed by atoms with Crippen molar-refractivity contribution >= 4 is 34.1 Å². The molecule has 0 fully saturated rings. The SMILES string of the molecule is N#Cc1cc(I)c(Oc2cncc(NN)n2)c([N+](=O)[O-])c1. The average molecular weight is 398 g/mol. The molecule has 106 valence electrons. The van der Waals surface area contributed by atoms with Crippen molar-refractivity contribution in [2.75, 3.05) is 5.43 Å². The third-order valence-electron chi connectivity index (χ3n) is 2.32. The molecule has 0 amide bonds. The Labute approximate surface area is 132 Å². The molecule has 0 aliphatic rings. The summed E-state index contributed by atoms with van der Waals surface area (Å²) < 4.78 is 5.82. The Balaban J connectivity index is 2.48. The fourth-order valence-electron chi connectivity index (χ4n) is 1.45. The van der Waals surface area contributed by atoms with Gasteiger partial charge in [0, 0.05) is 6.07 Å². The number of halogens is 1. The smallest absolute Gasteiger partial charge is 0.314 e. The molecule has 0 aliphatic heterocycles. The molecular formula is C11H7IN6O3. The second-order valence-corrected chi connectivity index (χ2v) is 4.83. The number of hydrogen-bond donors (Lipinski definition) is 2. The average Bonchev–Trinajstić information content (AvgIpc) is 2.49. The molecule has 10 heteroatoms. The molecule has 0 unspecified atom stereocenters. The van der Waals surface area contributed by atoms with Crippen molar-refractivity contribution in [2.24, 2.45) is 5.84 Å². The van der Waals surface area contributed by atoms with E-state index < -0.39 is 4.92 Å². The zero-order valence-corrected chi connectivity index (χ0v) is 12.4. The van der Waals surface area contributed by atoms with Crippen LogP contribution in [0.2, 0.25) is 0 Å². The topological polar surface area (TPSA) is 140 Å². The summed E-state index contributed by atoms with van der Waals surface area (Å²) in [5, 5.41) is 20.0. The number of nitrogens with two attached hydrogens (primary N) is 1. The van der Waals surface area contributed by atoms with Crippen molar-refractivity contribution in [1.29, 1.82) is 5.26 Å². The number of rotatable bonds is 4. The predicted octanol–water partition coefficient (Wildman–Crippen LogP) is 1.94. The largest absolute Gasteiger partial charge is 0.429 e. The molecule has 0 radical (unpaired) electrons. The molecule has 1 aromatic carbocycles. The first kappa shape index (κ1) is 14.9. The maximum atomic E-state index is 11.1. The van der Waals surface area contributed by atoms with E-state index in [0.717, 1.165) is 6.07 Å². The maximum absolute atomic E-state index is 11.1. The van der Waals surface area contributed by atoms with E-state index in [4.69, 9.17) is 15.8 Å². The van der Waals surface area contributed by atoms with E-state index in [-0.39, 0.29) is 28.7 Å². The summed E-state index contributed by atoms with van der Waals surface area (Å²) in [5.74, 6) is 5.48. The van der Waals surface area contributed by atoms with Gasteiger partial charge in [-0.15, -0.1) is 0 Å². The molecule has 21 heavy (non-hydrogen) atoms. The Hall–Kier alpha value is -2.52. The number of anilines is 1. The molecule has 0 saturated heterocycles. The van der Waals surface area contributed by atoms with Gasteiger partial charge in [0.2, 0.25) is 11.6 Å². The molecule has 0 spiro atoms. The highest BCUT2D eigenvalue weighted by Crippen LogP contribution is 2.36. The van der Waals surface area contributed by atoms with Crippen LogP contribution in [0.4, 0.5) is 11.5 Å². The summed E-state index contributed by atoms with van der Waals surface area (Å²) in [4.78, 5) is 18.3. The van der Waals surface area contributed by atoms with Crippen LogP contribution in [0.25, 0.3) is 0 Å². The number of nitro benzene ring substituents is 1. The summed E-state index contributed by atoms with van der Waals surface area (Å²) in [6, 6.07) is 4.46. The minimum absolute atomic E-state index is 0.0110. The Morgan fingerprint density at radius 3 is 2.86 bits per heavy atom. The summed E-state index contributed by atoms with van der Waals surface area (Å²) >= 11 is 1.84. The number of hydrazine groups is 1. The highest BCUT2D eigenvalue weighted by atomic mass is 127. The third-order valence-corrected chi connectivity index (χ3v) is 3.12. The first-order chi connectivity index (χ1) is 10.0. The van der Waals surface area contributed by atoms with Gasteiger partial charge in [-0.25, -0.2) is 5.84 Å². The van der Waals surface area contributed by atoms with Crippen LogP contribution in [0.1, 0.15) is 5.56 Å². The molecule has 0 atom stereocenters. The second-order valence-electron chi connectivity index (χ2n) is 3.66. The first-order valence-electron chi connectivity index (χ1n) is 5.39. The molecule has 2 rings (SSSR count). The summed E-state index contributed by atoms with van der Waals surface area (Å²) in [6.45, 7) is 0. The number of nitrogen functional groups attached to an aromatic ring is 1. The maximum Gasteiger partial charge on any atom is 0.314 e. The van der Waals surface area contributed by atoms with Crippen LogP contribution in [0, 0.1) is 25.0 Å². The summed E-state index contributed by atoms with van der Waals surface area (Å²) in [7, 11) is 0. The Morgan fingerprint density at radius 1 is 1.48 bits per heavy atom. The van der Waals surface area contributed by atoms with Crippen LogP contribution < -0.4 is 16.0 Å². The van der Waals surface area contributed by atoms with Gasteiger partial charge >= 0.3 is 5.69 Å². The lowest BCUT2D eigenvalue weighted by Gasteiger charge is -2.08. The first-order valence-corrected chi connectivity index (χ1v) is 6.47.